The molecule has 0 saturated carbocycles. The molecule has 0 aliphatic heterocycles. The third kappa shape index (κ3) is 5.71. The van der Waals surface area contributed by atoms with Crippen molar-refractivity contribution in [2.24, 2.45) is 0 Å². The van der Waals surface area contributed by atoms with Crippen molar-refractivity contribution in [3.05, 3.63) is 60.0 Å². The molecule has 0 spiro atoms. The molecule has 23 heavy (non-hydrogen) atoms. The van der Waals surface area contributed by atoms with Gasteiger partial charge in [0.25, 0.3) is 0 Å². The van der Waals surface area contributed by atoms with Gasteiger partial charge >= 0.3 is 0 Å². The first kappa shape index (κ1) is 18.1. The predicted octanol–water partition coefficient (Wildman–Crippen LogP) is 0.815. The molecule has 7 heteroatoms. The van der Waals surface area contributed by atoms with Crippen LogP contribution in [0.1, 0.15) is 0 Å². The summed E-state index contributed by atoms with van der Waals surface area (Å²) in [6.45, 7) is 0. The Labute approximate surface area is 144 Å². The second kappa shape index (κ2) is 8.03. The molecule has 0 fully saturated rings. The lowest BCUT2D eigenvalue weighted by molar-refractivity contribution is -2.00. The Kier molecular flexibility index (Phi) is 6.32. The van der Waals surface area contributed by atoms with Crippen LogP contribution in [-0.4, -0.2) is 6.26 Å². The van der Waals surface area contributed by atoms with Gasteiger partial charge in [0.15, 0.2) is 5.38 Å². The molecule has 0 unspecified atom stereocenters. The average molecular weight is 369 g/mol. The zero-order valence-corrected chi connectivity index (χ0v) is 14.5. The number of benzene rings is 2. The molecule has 0 amide bonds. The first-order valence-electron chi connectivity index (χ1n) is 6.44. The van der Waals surface area contributed by atoms with Crippen molar-refractivity contribution < 1.29 is 28.9 Å². The van der Waals surface area contributed by atoms with E-state index in [2.05, 4.69) is 66.2 Å². The fourth-order valence-electron chi connectivity index (χ4n) is 2.10. The first-order chi connectivity index (χ1) is 10.9. The monoisotopic (exact) mass is 368 g/mol. The maximum atomic E-state index is 8.49. The van der Waals surface area contributed by atoms with E-state index in [1.807, 2.05) is 0 Å². The molecule has 4 nitrogen and oxygen atoms in total. The van der Waals surface area contributed by atoms with Crippen molar-refractivity contribution in [1.29, 1.82) is 0 Å². The maximum Gasteiger partial charge on any atom is 0.238 e. The Hall–Kier alpha value is -1.25. The number of hydrogen-bond donors (Lipinski definition) is 0. The summed E-state index contributed by atoms with van der Waals surface area (Å²) < 4.78 is 35.3. The van der Waals surface area contributed by atoms with Crippen LogP contribution >= 0.6 is 23.1 Å². The molecule has 3 rings (SSSR count). The molecule has 0 radical (unpaired) electrons. The second-order valence-corrected chi connectivity index (χ2v) is 7.02. The van der Waals surface area contributed by atoms with Crippen molar-refractivity contribution in [2.45, 2.75) is 4.90 Å². The number of thioether (sulfide) groups is 1. The van der Waals surface area contributed by atoms with Crippen molar-refractivity contribution in [2.75, 3.05) is 6.26 Å². The molecule has 1 aromatic heterocycles. The van der Waals surface area contributed by atoms with E-state index in [0.717, 1.165) is 0 Å². The predicted molar refractivity (Wildman–Crippen MR) is 83.4 cm³/mol. The van der Waals surface area contributed by atoms with E-state index < -0.39 is 10.2 Å². The van der Waals surface area contributed by atoms with Crippen molar-refractivity contribution in [1.82, 2.24) is 0 Å². The van der Waals surface area contributed by atoms with Crippen LogP contribution in [0.4, 0.5) is 0 Å². The van der Waals surface area contributed by atoms with Crippen molar-refractivity contribution >= 4 is 33.2 Å². The number of rotatable bonds is 2. The molecular weight excluding hydrogens is 356 g/mol. The molecule has 0 aliphatic rings. The molecule has 0 atom stereocenters. The molecule has 0 bridgehead atoms. The lowest BCUT2D eigenvalue weighted by Gasteiger charge is -2.17. The van der Waals surface area contributed by atoms with Gasteiger partial charge < -0.3 is 0 Å². The number of halogens is 1. The van der Waals surface area contributed by atoms with Crippen LogP contribution in [0.3, 0.4) is 0 Å². The van der Waals surface area contributed by atoms with Gasteiger partial charge in [-0.3, -0.25) is 0 Å². The molecule has 0 N–H and O–H groups in total. The smallest absolute Gasteiger partial charge is 0.222 e. The lowest BCUT2D eigenvalue weighted by atomic mass is 10.0. The summed E-state index contributed by atoms with van der Waals surface area (Å²) in [5.74, 6) is 0. The van der Waals surface area contributed by atoms with E-state index >= 15 is 0 Å². The van der Waals surface area contributed by atoms with Gasteiger partial charge in [-0.25, -0.2) is 18.6 Å². The Morgan fingerprint density at radius 2 is 1.61 bits per heavy atom. The fraction of sp³-hybridized carbons (Fsp3) is 0.0625. The minimum absolute atomic E-state index is 1.30. The topological polar surface area (TPSA) is 92.2 Å². The van der Waals surface area contributed by atoms with E-state index in [4.69, 9.17) is 18.6 Å². The summed E-state index contributed by atoms with van der Waals surface area (Å²) in [6, 6.07) is 19.5. The van der Waals surface area contributed by atoms with Gasteiger partial charge in [-0.2, -0.15) is 0 Å². The Morgan fingerprint density at radius 3 is 2.30 bits per heavy atom. The van der Waals surface area contributed by atoms with E-state index in [0.29, 0.717) is 0 Å². The number of fused-ring (bicyclic) bond motifs is 1. The summed E-state index contributed by atoms with van der Waals surface area (Å²) in [6.07, 6.45) is 2.12. The summed E-state index contributed by atoms with van der Waals surface area (Å²) in [7, 11) is -4.94. The van der Waals surface area contributed by atoms with Crippen LogP contribution in [0, 0.1) is 10.2 Å². The minimum atomic E-state index is -4.94. The van der Waals surface area contributed by atoms with Crippen LogP contribution < -0.4 is 18.6 Å². The highest BCUT2D eigenvalue weighted by Crippen LogP contribution is 2.32. The van der Waals surface area contributed by atoms with Crippen molar-refractivity contribution in [3.63, 3.8) is 0 Å². The Balaban J connectivity index is 0.000000338. The SMILES string of the molecule is CSc1cccc(-c2cc[s+]c3ccccc23)c1.[O-][Cl+3]([O-])([O-])[O-]. The molecule has 3 aromatic rings. The van der Waals surface area contributed by atoms with Crippen LogP contribution in [0.15, 0.2) is 64.9 Å². The highest BCUT2D eigenvalue weighted by Gasteiger charge is 2.10. The van der Waals surface area contributed by atoms with Crippen molar-refractivity contribution in [3.8, 4) is 11.1 Å². The normalized spacial score (nSPS) is 11.0. The average Bonchev–Trinajstić information content (AvgIpc) is 2.53. The van der Waals surface area contributed by atoms with E-state index in [1.54, 1.807) is 23.1 Å². The standard InChI is InChI=1S/C16H13S2.ClHO4/c1-17-13-6-4-5-12(11-13)14-9-10-18-16-8-3-2-7-15(14)16;2-1(3,4)5/h2-11H,1H3;(H,2,3,4,5)/q+1;/p-1. The zero-order valence-electron chi connectivity index (χ0n) is 12.1. The number of hydrogen-bond acceptors (Lipinski definition) is 5. The highest BCUT2D eigenvalue weighted by atomic mass is 35.7. The molecule has 120 valence electrons. The summed E-state index contributed by atoms with van der Waals surface area (Å²) in [5, 5.41) is 3.51. The molecule has 2 aromatic carbocycles. The van der Waals surface area contributed by atoms with E-state index in [1.165, 1.54) is 26.1 Å². The van der Waals surface area contributed by atoms with E-state index in [9.17, 15) is 0 Å². The van der Waals surface area contributed by atoms with Crippen LogP contribution in [0.2, 0.25) is 0 Å². The quantitative estimate of drug-likeness (QED) is 0.493. The molecule has 0 saturated heterocycles. The van der Waals surface area contributed by atoms with Gasteiger partial charge in [0.05, 0.1) is 0 Å². The molecule has 1 heterocycles. The van der Waals surface area contributed by atoms with Gasteiger partial charge in [-0.15, -0.1) is 22.0 Å². The zero-order chi connectivity index (χ0) is 16.9. The van der Waals surface area contributed by atoms with Crippen LogP contribution in [0.5, 0.6) is 0 Å². The van der Waals surface area contributed by atoms with Gasteiger partial charge in [-0.05, 0) is 35.6 Å². The van der Waals surface area contributed by atoms with Crippen LogP contribution in [-0.2, 0) is 0 Å². The largest absolute Gasteiger partial charge is 0.238 e. The minimum Gasteiger partial charge on any atom is -0.222 e. The lowest BCUT2D eigenvalue weighted by Crippen LogP contribution is -2.68. The van der Waals surface area contributed by atoms with E-state index in [-0.39, 0.29) is 0 Å². The highest BCUT2D eigenvalue weighted by molar-refractivity contribution is 7.98. The first-order valence-corrected chi connectivity index (χ1v) is 9.78. The Bertz CT molecular complexity index is 779. The molecular formula is C16H13ClO4S2. The summed E-state index contributed by atoms with van der Waals surface area (Å²) in [5.41, 5.74) is 2.62. The third-order valence-electron chi connectivity index (χ3n) is 2.99. The molecule has 0 aliphatic carbocycles. The van der Waals surface area contributed by atoms with Crippen LogP contribution in [0.25, 0.3) is 21.2 Å². The third-order valence-corrected chi connectivity index (χ3v) is 4.60. The fourth-order valence-corrected chi connectivity index (χ4v) is 3.37. The van der Waals surface area contributed by atoms with Gasteiger partial charge in [-0.1, -0.05) is 24.3 Å². The van der Waals surface area contributed by atoms with Gasteiger partial charge in [0.1, 0.15) is 0 Å². The summed E-state index contributed by atoms with van der Waals surface area (Å²) >= 11 is 3.58. The summed E-state index contributed by atoms with van der Waals surface area (Å²) in [4.78, 5) is 1.31. The van der Waals surface area contributed by atoms with Gasteiger partial charge in [0.2, 0.25) is 16.0 Å². The van der Waals surface area contributed by atoms with Gasteiger partial charge in [0, 0.05) is 22.4 Å². The second-order valence-electron chi connectivity index (χ2n) is 4.44. The maximum absolute atomic E-state index is 8.49. The Morgan fingerprint density at radius 1 is 0.913 bits per heavy atom.